The van der Waals surface area contributed by atoms with Crippen LogP contribution in [0.2, 0.25) is 5.02 Å². The Morgan fingerprint density at radius 1 is 1.05 bits per heavy atom. The van der Waals surface area contributed by atoms with Crippen molar-refractivity contribution in [3.05, 3.63) is 81.2 Å². The average Bonchev–Trinajstić information content (AvgIpc) is 3.16. The summed E-state index contributed by atoms with van der Waals surface area (Å²) in [7, 11) is 0. The third-order valence-electron chi connectivity index (χ3n) is 5.18. The van der Waals surface area contributed by atoms with Gasteiger partial charge in [-0.2, -0.15) is 26.3 Å². The summed E-state index contributed by atoms with van der Waals surface area (Å²) in [6.07, 6.45) is -9.79. The van der Waals surface area contributed by atoms with Crippen molar-refractivity contribution < 1.29 is 35.9 Å². The molecule has 16 heteroatoms. The molecular formula is C23H19ClF6N6O3. The van der Waals surface area contributed by atoms with Crippen molar-refractivity contribution in [3.8, 4) is 11.4 Å². The fraction of sp³-hybridized carbons (Fsp3) is 0.217. The van der Waals surface area contributed by atoms with E-state index < -0.39 is 54.4 Å². The molecule has 0 aliphatic carbocycles. The number of carbonyl (C=O) groups is 2. The van der Waals surface area contributed by atoms with Gasteiger partial charge in [0.2, 0.25) is 11.8 Å². The van der Waals surface area contributed by atoms with Crippen molar-refractivity contribution in [2.75, 3.05) is 0 Å². The maximum Gasteiger partial charge on any atom is 0.416 e. The molecule has 4 N–H and O–H groups in total. The number of nitrogens with one attached hydrogen (secondary N) is 2. The number of rotatable bonds is 8. The molecule has 1 unspecified atom stereocenters. The molecular weight excluding hydrogens is 558 g/mol. The van der Waals surface area contributed by atoms with E-state index >= 15 is 0 Å². The molecule has 3 aromatic rings. The Bertz CT molecular complexity index is 1430. The summed E-state index contributed by atoms with van der Waals surface area (Å²) in [5.74, 6) is 3.03. The Balaban J connectivity index is 1.95. The van der Waals surface area contributed by atoms with Crippen LogP contribution in [0.3, 0.4) is 0 Å². The van der Waals surface area contributed by atoms with Gasteiger partial charge in [0, 0.05) is 22.9 Å². The van der Waals surface area contributed by atoms with Crippen molar-refractivity contribution in [2.45, 2.75) is 31.4 Å². The lowest BCUT2D eigenvalue weighted by Crippen LogP contribution is -2.39. The monoisotopic (exact) mass is 576 g/mol. The Kier molecular flexibility index (Phi) is 8.86. The molecule has 2 aromatic carbocycles. The van der Waals surface area contributed by atoms with Gasteiger partial charge in [0.05, 0.1) is 18.0 Å². The van der Waals surface area contributed by atoms with Gasteiger partial charge in [-0.25, -0.2) is 19.9 Å². The number of carbonyl (C=O) groups excluding carboxylic acids is 2. The van der Waals surface area contributed by atoms with Crippen molar-refractivity contribution in [1.29, 1.82) is 0 Å². The number of alkyl halides is 6. The van der Waals surface area contributed by atoms with Gasteiger partial charge in [-0.1, -0.05) is 23.7 Å². The van der Waals surface area contributed by atoms with Crippen molar-refractivity contribution in [2.24, 2.45) is 5.84 Å². The summed E-state index contributed by atoms with van der Waals surface area (Å²) in [4.78, 5) is 37.5. The van der Waals surface area contributed by atoms with E-state index in [0.29, 0.717) is 20.5 Å². The molecule has 0 radical (unpaired) electrons. The first-order chi connectivity index (χ1) is 18.2. The quantitative estimate of drug-likeness (QED) is 0.163. The van der Waals surface area contributed by atoms with Crippen LogP contribution in [0.1, 0.15) is 23.6 Å². The normalized spacial score (nSPS) is 12.9. The number of hydrazine groups is 1. The van der Waals surface area contributed by atoms with Crippen LogP contribution < -0.4 is 22.3 Å². The summed E-state index contributed by atoms with van der Waals surface area (Å²) in [6, 6.07) is 8.15. The Labute approximate surface area is 220 Å². The van der Waals surface area contributed by atoms with E-state index in [2.05, 4.69) is 10.4 Å². The van der Waals surface area contributed by atoms with E-state index in [1.807, 2.05) is 5.43 Å². The number of hydrogen-bond donors (Lipinski definition) is 3. The summed E-state index contributed by atoms with van der Waals surface area (Å²) in [6.45, 7) is -0.841. The first-order valence-electron chi connectivity index (χ1n) is 10.9. The standard InChI is InChI=1S/C23H19ClF6N6O3/c24-16-6-4-13(5-7-16)20-34-36(21(39)35(20)9-8-22(25,26)27)12-19(38)32-17(11-18(37)33-31)14-2-1-3-15(10-14)23(28,29)30/h1-10,17H,11-12,31H2,(H,32,38)(H,33,37)/b9-8+. The minimum atomic E-state index is -4.77. The molecule has 1 atom stereocenters. The highest BCUT2D eigenvalue weighted by Crippen LogP contribution is 2.31. The topological polar surface area (TPSA) is 124 Å². The van der Waals surface area contributed by atoms with E-state index in [0.717, 1.165) is 18.2 Å². The minimum Gasteiger partial charge on any atom is -0.347 e. The molecule has 0 fully saturated rings. The molecule has 2 amide bonds. The fourth-order valence-electron chi connectivity index (χ4n) is 3.42. The molecule has 9 nitrogen and oxygen atoms in total. The highest BCUT2D eigenvalue weighted by atomic mass is 35.5. The predicted molar refractivity (Wildman–Crippen MR) is 128 cm³/mol. The average molecular weight is 577 g/mol. The summed E-state index contributed by atoms with van der Waals surface area (Å²) in [5.41, 5.74) is -0.236. The first-order valence-corrected chi connectivity index (χ1v) is 11.2. The molecule has 0 saturated heterocycles. The number of halogens is 7. The van der Waals surface area contributed by atoms with Crippen LogP contribution in [0.15, 0.2) is 59.4 Å². The van der Waals surface area contributed by atoms with Crippen molar-refractivity contribution in [3.63, 3.8) is 0 Å². The number of hydrogen-bond acceptors (Lipinski definition) is 5. The van der Waals surface area contributed by atoms with E-state index in [1.165, 1.54) is 30.3 Å². The predicted octanol–water partition coefficient (Wildman–Crippen LogP) is 3.65. The van der Waals surface area contributed by atoms with Crippen LogP contribution in [-0.2, 0) is 22.3 Å². The Morgan fingerprint density at radius 2 is 1.72 bits per heavy atom. The molecule has 0 aliphatic heterocycles. The second-order valence-electron chi connectivity index (χ2n) is 8.01. The van der Waals surface area contributed by atoms with E-state index in [9.17, 15) is 40.7 Å². The van der Waals surface area contributed by atoms with Crippen LogP contribution >= 0.6 is 11.6 Å². The van der Waals surface area contributed by atoms with E-state index in [1.54, 1.807) is 0 Å². The minimum absolute atomic E-state index is 0.0883. The van der Waals surface area contributed by atoms with E-state index in [4.69, 9.17) is 17.4 Å². The summed E-state index contributed by atoms with van der Waals surface area (Å²) in [5, 5.41) is 6.59. The summed E-state index contributed by atoms with van der Waals surface area (Å²) < 4.78 is 79.0. The molecule has 1 heterocycles. The van der Waals surface area contributed by atoms with Gasteiger partial charge >= 0.3 is 18.0 Å². The number of allylic oxidation sites excluding steroid dienone is 1. The van der Waals surface area contributed by atoms with Crippen LogP contribution in [0.25, 0.3) is 17.6 Å². The third kappa shape index (κ3) is 7.94. The van der Waals surface area contributed by atoms with Gasteiger partial charge in [0.25, 0.3) is 0 Å². The molecule has 3 rings (SSSR count). The molecule has 0 spiro atoms. The maximum absolute atomic E-state index is 13.2. The number of benzene rings is 2. The zero-order valence-electron chi connectivity index (χ0n) is 19.6. The maximum atomic E-state index is 13.2. The van der Waals surface area contributed by atoms with Gasteiger partial charge in [0.1, 0.15) is 6.54 Å². The molecule has 0 bridgehead atoms. The molecule has 1 aromatic heterocycles. The zero-order valence-corrected chi connectivity index (χ0v) is 20.3. The van der Waals surface area contributed by atoms with Gasteiger partial charge < -0.3 is 5.32 Å². The van der Waals surface area contributed by atoms with Crippen molar-refractivity contribution in [1.82, 2.24) is 25.1 Å². The fourth-order valence-corrected chi connectivity index (χ4v) is 3.54. The van der Waals surface area contributed by atoms with Gasteiger partial charge in [-0.05, 0) is 42.0 Å². The largest absolute Gasteiger partial charge is 0.416 e. The number of aromatic nitrogens is 3. The van der Waals surface area contributed by atoms with Gasteiger partial charge in [-0.15, -0.1) is 5.10 Å². The molecule has 0 aliphatic rings. The highest BCUT2D eigenvalue weighted by Gasteiger charge is 2.31. The molecule has 0 saturated carbocycles. The highest BCUT2D eigenvalue weighted by molar-refractivity contribution is 6.30. The van der Waals surface area contributed by atoms with Crippen LogP contribution in [-0.4, -0.2) is 32.3 Å². The molecule has 208 valence electrons. The number of nitrogens with zero attached hydrogens (tertiary/aromatic N) is 3. The lowest BCUT2D eigenvalue weighted by molar-refractivity contribution is -0.137. The van der Waals surface area contributed by atoms with Crippen molar-refractivity contribution >= 4 is 29.6 Å². The second kappa shape index (κ2) is 11.7. The lowest BCUT2D eigenvalue weighted by atomic mass is 10.0. The van der Waals surface area contributed by atoms with Crippen LogP contribution in [0.4, 0.5) is 26.3 Å². The second-order valence-corrected chi connectivity index (χ2v) is 8.45. The Hall–Kier alpha value is -4.11. The number of amides is 2. The lowest BCUT2D eigenvalue weighted by Gasteiger charge is -2.19. The first kappa shape index (κ1) is 29.4. The zero-order chi connectivity index (χ0) is 29.0. The van der Waals surface area contributed by atoms with E-state index in [-0.39, 0.29) is 23.0 Å². The smallest absolute Gasteiger partial charge is 0.347 e. The van der Waals surface area contributed by atoms with Crippen LogP contribution in [0, 0.1) is 0 Å². The number of nitrogens with two attached hydrogens (primary N) is 1. The SMILES string of the molecule is NNC(=O)CC(NC(=O)Cn1nc(-c2ccc(Cl)cc2)n(/C=C/C(F)(F)F)c1=O)c1cccc(C(F)(F)F)c1. The third-order valence-corrected chi connectivity index (χ3v) is 5.43. The molecule has 39 heavy (non-hydrogen) atoms. The summed E-state index contributed by atoms with van der Waals surface area (Å²) >= 11 is 5.84. The van der Waals surface area contributed by atoms with Gasteiger partial charge in [-0.3, -0.25) is 15.0 Å². The van der Waals surface area contributed by atoms with Gasteiger partial charge in [0.15, 0.2) is 5.82 Å². The van der Waals surface area contributed by atoms with Crippen LogP contribution in [0.5, 0.6) is 0 Å². The Morgan fingerprint density at radius 3 is 2.31 bits per heavy atom.